The van der Waals surface area contributed by atoms with Crippen LogP contribution in [-0.2, 0) is 9.53 Å². The Morgan fingerprint density at radius 2 is 1.91 bits per heavy atom. The molecule has 1 aliphatic heterocycles. The third-order valence-electron chi connectivity index (χ3n) is 3.83. The molecule has 0 amide bonds. The molecule has 0 radical (unpaired) electrons. The summed E-state index contributed by atoms with van der Waals surface area (Å²) in [6, 6.07) is 16.3. The van der Waals surface area contributed by atoms with Gasteiger partial charge < -0.3 is 9.47 Å². The van der Waals surface area contributed by atoms with Crippen LogP contribution in [0.5, 0.6) is 5.75 Å². The molecule has 3 rings (SSSR count). The molecule has 0 unspecified atom stereocenters. The summed E-state index contributed by atoms with van der Waals surface area (Å²) in [6.07, 6.45) is -0.414. The van der Waals surface area contributed by atoms with Gasteiger partial charge >= 0.3 is 5.97 Å². The topological polar surface area (TPSA) is 52.6 Å². The van der Waals surface area contributed by atoms with E-state index in [9.17, 15) is 9.59 Å². The molecule has 0 spiro atoms. The lowest BCUT2D eigenvalue weighted by Gasteiger charge is -2.17. The quantitative estimate of drug-likeness (QED) is 0.642. The van der Waals surface area contributed by atoms with Crippen LogP contribution in [-0.4, -0.2) is 18.9 Å². The summed E-state index contributed by atoms with van der Waals surface area (Å²) in [5.74, 6) is -0.317. The van der Waals surface area contributed by atoms with Gasteiger partial charge in [-0.2, -0.15) is 0 Å². The number of ether oxygens (including phenoxy) is 2. The second kappa shape index (κ2) is 6.02. The molecule has 0 saturated carbocycles. The van der Waals surface area contributed by atoms with Gasteiger partial charge in [-0.15, -0.1) is 0 Å². The predicted molar refractivity (Wildman–Crippen MR) is 80.7 cm³/mol. The molecule has 0 aliphatic carbocycles. The van der Waals surface area contributed by atoms with Gasteiger partial charge in [-0.1, -0.05) is 42.5 Å². The summed E-state index contributed by atoms with van der Waals surface area (Å²) in [5.41, 5.74) is 1.37. The van der Waals surface area contributed by atoms with Gasteiger partial charge in [0, 0.05) is 5.56 Å². The standard InChI is InChI=1S/C18H16O4/c1-21-14-9-5-8-13(10-14)17(20)15-11-16(19)22-18(15)12-6-3-2-4-7-12/h2-10,15,18H,11H2,1H3/t15-,18-/m0/s1. The molecule has 0 aromatic heterocycles. The molecule has 112 valence electrons. The monoisotopic (exact) mass is 296 g/mol. The molecule has 2 atom stereocenters. The highest BCUT2D eigenvalue weighted by molar-refractivity contribution is 6.01. The molecule has 0 bridgehead atoms. The van der Waals surface area contributed by atoms with Crippen molar-refractivity contribution in [3.05, 3.63) is 65.7 Å². The number of hydrogen-bond donors (Lipinski definition) is 0. The van der Waals surface area contributed by atoms with Gasteiger partial charge in [-0.05, 0) is 17.7 Å². The Hall–Kier alpha value is -2.62. The van der Waals surface area contributed by atoms with Crippen LogP contribution >= 0.6 is 0 Å². The van der Waals surface area contributed by atoms with Crippen molar-refractivity contribution in [2.75, 3.05) is 7.11 Å². The Morgan fingerprint density at radius 3 is 2.64 bits per heavy atom. The Kier molecular flexibility index (Phi) is 3.92. The summed E-state index contributed by atoms with van der Waals surface area (Å²) in [4.78, 5) is 24.5. The van der Waals surface area contributed by atoms with Crippen molar-refractivity contribution in [3.63, 3.8) is 0 Å². The van der Waals surface area contributed by atoms with E-state index >= 15 is 0 Å². The number of benzene rings is 2. The van der Waals surface area contributed by atoms with Crippen molar-refractivity contribution < 1.29 is 19.1 Å². The predicted octanol–water partition coefficient (Wildman–Crippen LogP) is 3.18. The average Bonchev–Trinajstić information content (AvgIpc) is 2.97. The normalized spacial score (nSPS) is 20.5. The first-order valence-corrected chi connectivity index (χ1v) is 7.11. The largest absolute Gasteiger partial charge is 0.497 e. The molecular weight excluding hydrogens is 280 g/mol. The van der Waals surface area contributed by atoms with Crippen molar-refractivity contribution >= 4 is 11.8 Å². The Morgan fingerprint density at radius 1 is 1.14 bits per heavy atom. The zero-order valence-corrected chi connectivity index (χ0v) is 12.2. The van der Waals surface area contributed by atoms with E-state index in [-0.39, 0.29) is 18.2 Å². The van der Waals surface area contributed by atoms with E-state index in [1.54, 1.807) is 31.4 Å². The highest BCUT2D eigenvalue weighted by Gasteiger charge is 2.40. The van der Waals surface area contributed by atoms with Gasteiger partial charge in [0.1, 0.15) is 11.9 Å². The minimum atomic E-state index is -0.521. The summed E-state index contributed by atoms with van der Waals surface area (Å²) in [6.45, 7) is 0. The number of carbonyl (C=O) groups excluding carboxylic acids is 2. The van der Waals surface area contributed by atoms with Crippen LogP contribution in [0.2, 0.25) is 0 Å². The summed E-state index contributed by atoms with van der Waals surface area (Å²) >= 11 is 0. The van der Waals surface area contributed by atoms with Gasteiger partial charge in [-0.3, -0.25) is 9.59 Å². The third-order valence-corrected chi connectivity index (χ3v) is 3.83. The third kappa shape index (κ3) is 2.72. The minimum absolute atomic E-state index is 0.0985. The van der Waals surface area contributed by atoms with Gasteiger partial charge in [0.05, 0.1) is 19.4 Å². The van der Waals surface area contributed by atoms with Crippen molar-refractivity contribution in [2.24, 2.45) is 5.92 Å². The zero-order valence-electron chi connectivity index (χ0n) is 12.2. The van der Waals surface area contributed by atoms with Crippen LogP contribution in [0.25, 0.3) is 0 Å². The molecule has 4 heteroatoms. The van der Waals surface area contributed by atoms with Crippen LogP contribution in [0.15, 0.2) is 54.6 Å². The second-order valence-corrected chi connectivity index (χ2v) is 5.23. The average molecular weight is 296 g/mol. The number of ketones is 1. The summed E-state index contributed by atoms with van der Waals surface area (Å²) < 4.78 is 10.5. The second-order valence-electron chi connectivity index (χ2n) is 5.23. The molecule has 1 aliphatic rings. The summed E-state index contributed by atoms with van der Waals surface area (Å²) in [7, 11) is 1.55. The first-order chi connectivity index (χ1) is 10.7. The van der Waals surface area contributed by atoms with Crippen molar-refractivity contribution in [3.8, 4) is 5.75 Å². The first kappa shape index (κ1) is 14.3. The van der Waals surface area contributed by atoms with E-state index in [1.807, 2.05) is 30.3 Å². The lowest BCUT2D eigenvalue weighted by Crippen LogP contribution is -2.18. The molecule has 2 aromatic carbocycles. The van der Waals surface area contributed by atoms with Crippen LogP contribution < -0.4 is 4.74 Å². The number of Topliss-reactive ketones (excluding diaryl/α,β-unsaturated/α-hetero) is 1. The smallest absolute Gasteiger partial charge is 0.307 e. The van der Waals surface area contributed by atoms with Crippen molar-refractivity contribution in [1.82, 2.24) is 0 Å². The Balaban J connectivity index is 1.91. The molecule has 1 saturated heterocycles. The van der Waals surface area contributed by atoms with E-state index in [4.69, 9.17) is 9.47 Å². The Labute approximate surface area is 128 Å². The number of hydrogen-bond acceptors (Lipinski definition) is 4. The Bertz CT molecular complexity index is 693. The van der Waals surface area contributed by atoms with Crippen LogP contribution in [0.1, 0.15) is 28.4 Å². The minimum Gasteiger partial charge on any atom is -0.497 e. The van der Waals surface area contributed by atoms with Crippen molar-refractivity contribution in [1.29, 1.82) is 0 Å². The number of methoxy groups -OCH3 is 1. The SMILES string of the molecule is COc1cccc(C(=O)[C@@H]2CC(=O)O[C@H]2c2ccccc2)c1. The highest BCUT2D eigenvalue weighted by Crippen LogP contribution is 2.37. The molecule has 1 fully saturated rings. The van der Waals surface area contributed by atoms with E-state index in [0.29, 0.717) is 11.3 Å². The molecule has 22 heavy (non-hydrogen) atoms. The number of esters is 1. The van der Waals surface area contributed by atoms with Gasteiger partial charge in [0.2, 0.25) is 0 Å². The lowest BCUT2D eigenvalue weighted by atomic mass is 9.88. The van der Waals surface area contributed by atoms with Crippen LogP contribution in [0, 0.1) is 5.92 Å². The van der Waals surface area contributed by atoms with E-state index < -0.39 is 12.0 Å². The van der Waals surface area contributed by atoms with Crippen LogP contribution in [0.3, 0.4) is 0 Å². The molecule has 2 aromatic rings. The van der Waals surface area contributed by atoms with E-state index in [2.05, 4.69) is 0 Å². The lowest BCUT2D eigenvalue weighted by molar-refractivity contribution is -0.141. The maximum Gasteiger partial charge on any atom is 0.307 e. The number of rotatable bonds is 4. The fourth-order valence-electron chi connectivity index (χ4n) is 2.72. The zero-order chi connectivity index (χ0) is 15.5. The van der Waals surface area contributed by atoms with E-state index in [1.165, 1.54) is 0 Å². The van der Waals surface area contributed by atoms with Crippen molar-refractivity contribution in [2.45, 2.75) is 12.5 Å². The van der Waals surface area contributed by atoms with Gasteiger partial charge in [0.15, 0.2) is 5.78 Å². The first-order valence-electron chi connectivity index (χ1n) is 7.11. The molecule has 1 heterocycles. The fourth-order valence-corrected chi connectivity index (χ4v) is 2.72. The number of cyclic esters (lactones) is 1. The maximum absolute atomic E-state index is 12.8. The highest BCUT2D eigenvalue weighted by atomic mass is 16.6. The molecule has 0 N–H and O–H groups in total. The molecule has 4 nitrogen and oxygen atoms in total. The number of carbonyl (C=O) groups is 2. The maximum atomic E-state index is 12.8. The van der Waals surface area contributed by atoms with E-state index in [0.717, 1.165) is 5.56 Å². The van der Waals surface area contributed by atoms with Gasteiger partial charge in [-0.25, -0.2) is 0 Å². The van der Waals surface area contributed by atoms with Crippen LogP contribution in [0.4, 0.5) is 0 Å². The molecular formula is C18H16O4. The van der Waals surface area contributed by atoms with Gasteiger partial charge in [0.25, 0.3) is 0 Å². The summed E-state index contributed by atoms with van der Waals surface area (Å²) in [5, 5.41) is 0. The fraction of sp³-hybridized carbons (Fsp3) is 0.222.